The van der Waals surface area contributed by atoms with E-state index in [4.69, 9.17) is 0 Å². The lowest BCUT2D eigenvalue weighted by Gasteiger charge is -2.16. The van der Waals surface area contributed by atoms with E-state index in [0.717, 1.165) is 5.56 Å². The van der Waals surface area contributed by atoms with Crippen LogP contribution in [-0.2, 0) is 6.54 Å². The van der Waals surface area contributed by atoms with Gasteiger partial charge in [-0.1, -0.05) is 12.1 Å². The predicted octanol–water partition coefficient (Wildman–Crippen LogP) is 6.35. The largest absolute Gasteiger partial charge is 0.321 e. The van der Waals surface area contributed by atoms with Crippen molar-refractivity contribution in [3.63, 3.8) is 0 Å². The van der Waals surface area contributed by atoms with Crippen LogP contribution in [0.4, 0.5) is 17.6 Å². The topological polar surface area (TPSA) is 86.4 Å². The number of hydrogen-bond donors (Lipinski definition) is 2. The van der Waals surface area contributed by atoms with E-state index in [1.165, 1.54) is 12.1 Å². The quantitative estimate of drug-likeness (QED) is 0.248. The van der Waals surface area contributed by atoms with Gasteiger partial charge in [-0.3, -0.25) is 15.0 Å². The van der Waals surface area contributed by atoms with Gasteiger partial charge in [0.2, 0.25) is 0 Å². The van der Waals surface area contributed by atoms with Gasteiger partial charge in [0, 0.05) is 54.8 Å². The monoisotopic (exact) mass is 543 g/mol. The summed E-state index contributed by atoms with van der Waals surface area (Å²) < 4.78 is 57.3. The molecule has 40 heavy (non-hydrogen) atoms. The van der Waals surface area contributed by atoms with Crippen molar-refractivity contribution in [3.8, 4) is 33.8 Å². The molecule has 0 aliphatic carbocycles. The number of hydrogen-bond acceptors (Lipinski definition) is 5. The SMILES string of the molecule is Fc1cccc(-c2ccnc3[nH]c(-c4n[nH]c5ccc(-c6cncc(CN7CCC(F)(F)C7)c6)c(F)c45)nc23)c1. The normalized spacial score (nSPS) is 15.4. The van der Waals surface area contributed by atoms with Crippen molar-refractivity contribution in [2.45, 2.75) is 18.9 Å². The zero-order valence-corrected chi connectivity index (χ0v) is 20.9. The Hall–Kier alpha value is -4.64. The minimum Gasteiger partial charge on any atom is -0.321 e. The van der Waals surface area contributed by atoms with Gasteiger partial charge in [0.1, 0.15) is 22.8 Å². The highest BCUT2D eigenvalue weighted by atomic mass is 19.3. The molecule has 7 rings (SSSR count). The molecule has 1 saturated heterocycles. The fraction of sp³-hybridized carbons (Fsp3) is 0.172. The second-order valence-electron chi connectivity index (χ2n) is 9.97. The van der Waals surface area contributed by atoms with Crippen molar-refractivity contribution in [1.82, 2.24) is 35.0 Å². The second kappa shape index (κ2) is 9.23. The van der Waals surface area contributed by atoms with Crippen LogP contribution in [-0.4, -0.2) is 54.0 Å². The third kappa shape index (κ3) is 4.28. The van der Waals surface area contributed by atoms with Gasteiger partial charge in [-0.25, -0.2) is 27.5 Å². The Balaban J connectivity index is 1.28. The number of benzene rings is 2. The first-order valence-corrected chi connectivity index (χ1v) is 12.7. The standard InChI is InChI=1S/C29H21F4N7/c30-19-3-1-2-17(11-19)21-6-8-35-27-25(21)36-28(37-27)26-23-22(38-39-26)5-4-20(24(23)31)18-10-16(12-34-13-18)14-40-9-7-29(32,33)15-40/h1-6,8,10-13H,7,9,14-15H2,(H,38,39)(H,35,36,37). The van der Waals surface area contributed by atoms with Crippen LogP contribution < -0.4 is 0 Å². The van der Waals surface area contributed by atoms with Gasteiger partial charge in [0.05, 0.1) is 17.4 Å². The molecule has 1 aliphatic rings. The molecule has 0 saturated carbocycles. The average Bonchev–Trinajstić information content (AvgIpc) is 3.65. The summed E-state index contributed by atoms with van der Waals surface area (Å²) in [6.45, 7) is 0.295. The van der Waals surface area contributed by atoms with Crippen molar-refractivity contribution < 1.29 is 17.6 Å². The van der Waals surface area contributed by atoms with E-state index in [2.05, 4.69) is 30.1 Å². The maximum Gasteiger partial charge on any atom is 0.261 e. The minimum atomic E-state index is -2.69. The number of fused-ring (bicyclic) bond motifs is 2. The lowest BCUT2D eigenvalue weighted by atomic mass is 10.0. The Morgan fingerprint density at radius 3 is 2.70 bits per heavy atom. The molecule has 11 heteroatoms. The Labute approximate surface area is 224 Å². The number of likely N-dealkylation sites (tertiary alicyclic amines) is 1. The smallest absolute Gasteiger partial charge is 0.261 e. The average molecular weight is 544 g/mol. The van der Waals surface area contributed by atoms with Gasteiger partial charge >= 0.3 is 0 Å². The number of rotatable bonds is 5. The maximum atomic E-state index is 16.1. The van der Waals surface area contributed by atoms with E-state index in [1.54, 1.807) is 59.9 Å². The molecule has 0 radical (unpaired) electrons. The number of alkyl halides is 2. The Bertz CT molecular complexity index is 1890. The molecule has 2 N–H and O–H groups in total. The van der Waals surface area contributed by atoms with E-state index in [0.29, 0.717) is 57.8 Å². The number of nitrogens with zero attached hydrogens (tertiary/aromatic N) is 5. The molecule has 1 aliphatic heterocycles. The first kappa shape index (κ1) is 24.4. The molecule has 4 aromatic heterocycles. The molecule has 0 atom stereocenters. The molecule has 0 bridgehead atoms. The number of imidazole rings is 1. The molecule has 200 valence electrons. The summed E-state index contributed by atoms with van der Waals surface area (Å²) in [7, 11) is 0. The van der Waals surface area contributed by atoms with Crippen molar-refractivity contribution in [1.29, 1.82) is 0 Å². The summed E-state index contributed by atoms with van der Waals surface area (Å²) in [4.78, 5) is 18.0. The molecular formula is C29H21F4N7. The van der Waals surface area contributed by atoms with E-state index >= 15 is 4.39 Å². The zero-order valence-electron chi connectivity index (χ0n) is 20.9. The van der Waals surface area contributed by atoms with Crippen LogP contribution in [0.1, 0.15) is 12.0 Å². The highest BCUT2D eigenvalue weighted by molar-refractivity contribution is 5.98. The van der Waals surface area contributed by atoms with Crippen molar-refractivity contribution >= 4 is 22.1 Å². The zero-order chi connectivity index (χ0) is 27.4. The lowest BCUT2D eigenvalue weighted by molar-refractivity contribution is 0.0115. The van der Waals surface area contributed by atoms with Crippen LogP contribution >= 0.6 is 0 Å². The number of halogens is 4. The third-order valence-electron chi connectivity index (χ3n) is 7.17. The fourth-order valence-electron chi connectivity index (χ4n) is 5.30. The second-order valence-corrected chi connectivity index (χ2v) is 9.97. The van der Waals surface area contributed by atoms with Crippen molar-refractivity contribution in [2.75, 3.05) is 13.1 Å². The van der Waals surface area contributed by atoms with Gasteiger partial charge < -0.3 is 4.98 Å². The van der Waals surface area contributed by atoms with Gasteiger partial charge in [-0.2, -0.15) is 5.10 Å². The summed E-state index contributed by atoms with van der Waals surface area (Å²) in [5.41, 5.74) is 4.53. The molecule has 1 fully saturated rings. The van der Waals surface area contributed by atoms with E-state index in [1.807, 2.05) is 0 Å². The first-order valence-electron chi connectivity index (χ1n) is 12.7. The summed E-state index contributed by atoms with van der Waals surface area (Å²) in [6, 6.07) is 13.0. The number of nitrogens with one attached hydrogen (secondary N) is 2. The van der Waals surface area contributed by atoms with Gasteiger partial charge in [0.25, 0.3) is 5.92 Å². The Kier molecular flexibility index (Phi) is 5.63. The molecule has 0 unspecified atom stereocenters. The fourth-order valence-corrected chi connectivity index (χ4v) is 5.30. The van der Waals surface area contributed by atoms with Gasteiger partial charge in [0.15, 0.2) is 11.5 Å². The summed E-state index contributed by atoms with van der Waals surface area (Å²) in [5, 5.41) is 7.42. The lowest BCUT2D eigenvalue weighted by Crippen LogP contribution is -2.24. The predicted molar refractivity (Wildman–Crippen MR) is 142 cm³/mol. The minimum absolute atomic E-state index is 0.171. The number of aromatic amines is 2. The molecule has 0 amide bonds. The maximum absolute atomic E-state index is 16.1. The van der Waals surface area contributed by atoms with Crippen LogP contribution in [0.3, 0.4) is 0 Å². The van der Waals surface area contributed by atoms with Crippen molar-refractivity contribution in [2.24, 2.45) is 0 Å². The highest BCUT2D eigenvalue weighted by Gasteiger charge is 2.38. The number of pyridine rings is 2. The molecular weight excluding hydrogens is 522 g/mol. The molecule has 7 nitrogen and oxygen atoms in total. The first-order chi connectivity index (χ1) is 19.3. The van der Waals surface area contributed by atoms with Gasteiger partial charge in [-0.05, 0) is 47.5 Å². The van der Waals surface area contributed by atoms with Crippen LogP contribution in [0.15, 0.2) is 67.1 Å². The molecule has 0 spiro atoms. The molecule has 2 aromatic carbocycles. The van der Waals surface area contributed by atoms with Crippen molar-refractivity contribution in [3.05, 3.63) is 84.3 Å². The highest BCUT2D eigenvalue weighted by Crippen LogP contribution is 2.35. The Morgan fingerprint density at radius 2 is 1.88 bits per heavy atom. The van der Waals surface area contributed by atoms with Crippen LogP contribution in [0.2, 0.25) is 0 Å². The molecule has 5 heterocycles. The molecule has 6 aromatic rings. The van der Waals surface area contributed by atoms with E-state index in [9.17, 15) is 13.2 Å². The third-order valence-corrected chi connectivity index (χ3v) is 7.17. The number of H-pyrrole nitrogens is 2. The van der Waals surface area contributed by atoms with E-state index < -0.39 is 11.7 Å². The summed E-state index contributed by atoms with van der Waals surface area (Å²) >= 11 is 0. The van der Waals surface area contributed by atoms with Crippen LogP contribution in [0.5, 0.6) is 0 Å². The summed E-state index contributed by atoms with van der Waals surface area (Å²) in [6.07, 6.45) is 4.57. The van der Waals surface area contributed by atoms with E-state index in [-0.39, 0.29) is 29.9 Å². The van der Waals surface area contributed by atoms with Crippen LogP contribution in [0, 0.1) is 11.6 Å². The van der Waals surface area contributed by atoms with Crippen LogP contribution in [0.25, 0.3) is 55.8 Å². The number of aromatic nitrogens is 6. The Morgan fingerprint density at radius 1 is 0.975 bits per heavy atom. The summed E-state index contributed by atoms with van der Waals surface area (Å²) in [5.74, 6) is -3.28. The van der Waals surface area contributed by atoms with Gasteiger partial charge in [-0.15, -0.1) is 0 Å².